The van der Waals surface area contributed by atoms with Crippen molar-refractivity contribution in [3.8, 4) is 10.6 Å². The standard InChI is InChI=1S/C18H18ClN5OS/c1-2-3-11-24(17(25)21-15-8-6-14(19)7-9-15)18-23-22-16(26-18)13-5-4-10-20-12-13/h4-10,12H,2-3,11H2,1H3,(H,21,25). The number of amides is 2. The van der Waals surface area contributed by atoms with Crippen molar-refractivity contribution >= 4 is 39.8 Å². The first-order valence-electron chi connectivity index (χ1n) is 8.25. The molecule has 26 heavy (non-hydrogen) atoms. The fraction of sp³-hybridized carbons (Fsp3) is 0.222. The highest BCUT2D eigenvalue weighted by molar-refractivity contribution is 7.18. The van der Waals surface area contributed by atoms with Crippen LogP contribution in [0.2, 0.25) is 5.02 Å². The molecule has 3 aromatic rings. The van der Waals surface area contributed by atoms with E-state index in [1.165, 1.54) is 11.3 Å². The second-order valence-corrected chi connectivity index (χ2v) is 6.97. The summed E-state index contributed by atoms with van der Waals surface area (Å²) in [5.41, 5.74) is 1.56. The number of carbonyl (C=O) groups is 1. The van der Waals surface area contributed by atoms with Gasteiger partial charge in [0.25, 0.3) is 0 Å². The molecule has 0 saturated carbocycles. The Bertz CT molecular complexity index is 854. The lowest BCUT2D eigenvalue weighted by Gasteiger charge is -2.19. The van der Waals surface area contributed by atoms with Crippen molar-refractivity contribution in [3.63, 3.8) is 0 Å². The molecule has 0 bridgehead atoms. The average molecular weight is 388 g/mol. The van der Waals surface area contributed by atoms with Crippen molar-refractivity contribution in [2.45, 2.75) is 19.8 Å². The van der Waals surface area contributed by atoms with E-state index in [0.717, 1.165) is 23.4 Å². The highest BCUT2D eigenvalue weighted by atomic mass is 35.5. The third-order valence-electron chi connectivity index (χ3n) is 3.63. The number of anilines is 2. The predicted octanol–water partition coefficient (Wildman–Crippen LogP) is 5.09. The van der Waals surface area contributed by atoms with Gasteiger partial charge in [0, 0.05) is 35.2 Å². The Morgan fingerprint density at radius 2 is 2.04 bits per heavy atom. The Morgan fingerprint density at radius 1 is 1.23 bits per heavy atom. The summed E-state index contributed by atoms with van der Waals surface area (Å²) in [6.45, 7) is 2.65. The van der Waals surface area contributed by atoms with Crippen molar-refractivity contribution < 1.29 is 4.79 Å². The van der Waals surface area contributed by atoms with E-state index < -0.39 is 0 Å². The first-order chi connectivity index (χ1) is 12.7. The van der Waals surface area contributed by atoms with Gasteiger partial charge in [-0.05, 0) is 42.8 Å². The maximum Gasteiger partial charge on any atom is 0.328 e. The Hall–Kier alpha value is -2.51. The molecule has 8 heteroatoms. The minimum atomic E-state index is -0.241. The van der Waals surface area contributed by atoms with Crippen molar-refractivity contribution in [2.75, 3.05) is 16.8 Å². The van der Waals surface area contributed by atoms with Crippen LogP contribution < -0.4 is 10.2 Å². The molecule has 1 aromatic carbocycles. The summed E-state index contributed by atoms with van der Waals surface area (Å²) in [5.74, 6) is 0. The van der Waals surface area contributed by atoms with Crippen LogP contribution in [0.15, 0.2) is 48.8 Å². The zero-order valence-corrected chi connectivity index (χ0v) is 15.8. The van der Waals surface area contributed by atoms with Crippen molar-refractivity contribution in [1.29, 1.82) is 0 Å². The van der Waals surface area contributed by atoms with Crippen LogP contribution in [-0.4, -0.2) is 27.8 Å². The van der Waals surface area contributed by atoms with Gasteiger partial charge in [0.1, 0.15) is 0 Å². The Morgan fingerprint density at radius 3 is 2.73 bits per heavy atom. The second-order valence-electron chi connectivity index (χ2n) is 5.57. The molecule has 0 atom stereocenters. The molecule has 1 N–H and O–H groups in total. The number of rotatable bonds is 6. The van der Waals surface area contributed by atoms with Gasteiger partial charge in [-0.3, -0.25) is 9.88 Å². The van der Waals surface area contributed by atoms with Gasteiger partial charge >= 0.3 is 6.03 Å². The summed E-state index contributed by atoms with van der Waals surface area (Å²) >= 11 is 7.26. The number of nitrogens with one attached hydrogen (secondary N) is 1. The van der Waals surface area contributed by atoms with Crippen LogP contribution in [0.1, 0.15) is 19.8 Å². The smallest absolute Gasteiger partial charge is 0.307 e. The molecule has 134 valence electrons. The van der Waals surface area contributed by atoms with Crippen molar-refractivity contribution in [3.05, 3.63) is 53.8 Å². The van der Waals surface area contributed by atoms with Gasteiger partial charge in [0.05, 0.1) is 0 Å². The van der Waals surface area contributed by atoms with Gasteiger partial charge in [-0.15, -0.1) is 10.2 Å². The number of aromatic nitrogens is 3. The number of halogens is 1. The van der Waals surface area contributed by atoms with Crippen molar-refractivity contribution in [2.24, 2.45) is 0 Å². The first kappa shape index (κ1) is 18.3. The molecule has 0 spiro atoms. The van der Waals surface area contributed by atoms with Crippen LogP contribution in [0.3, 0.4) is 0 Å². The lowest BCUT2D eigenvalue weighted by Crippen LogP contribution is -2.35. The maximum atomic E-state index is 12.8. The third-order valence-corrected chi connectivity index (χ3v) is 4.88. The fourth-order valence-corrected chi connectivity index (χ4v) is 3.24. The van der Waals surface area contributed by atoms with E-state index in [9.17, 15) is 4.79 Å². The zero-order chi connectivity index (χ0) is 18.4. The summed E-state index contributed by atoms with van der Waals surface area (Å²) in [5, 5.41) is 13.2. The number of carbonyl (C=O) groups excluding carboxylic acids is 1. The third kappa shape index (κ3) is 4.56. The predicted molar refractivity (Wildman–Crippen MR) is 106 cm³/mol. The van der Waals surface area contributed by atoms with Crippen LogP contribution in [0.5, 0.6) is 0 Å². The minimum Gasteiger partial charge on any atom is -0.307 e. The average Bonchev–Trinajstić information content (AvgIpc) is 3.14. The van der Waals surface area contributed by atoms with E-state index in [2.05, 4.69) is 27.4 Å². The van der Waals surface area contributed by atoms with Gasteiger partial charge in [-0.2, -0.15) is 0 Å². The molecule has 0 aliphatic carbocycles. The SMILES string of the molecule is CCCCN(C(=O)Nc1ccc(Cl)cc1)c1nnc(-c2cccnc2)s1. The second kappa shape index (κ2) is 8.73. The molecule has 0 aliphatic heterocycles. The molecule has 2 heterocycles. The van der Waals surface area contributed by atoms with E-state index >= 15 is 0 Å². The van der Waals surface area contributed by atoms with Crippen molar-refractivity contribution in [1.82, 2.24) is 15.2 Å². The molecule has 0 unspecified atom stereocenters. The highest BCUT2D eigenvalue weighted by Gasteiger charge is 2.20. The highest BCUT2D eigenvalue weighted by Crippen LogP contribution is 2.29. The van der Waals surface area contributed by atoms with E-state index in [0.29, 0.717) is 22.4 Å². The van der Waals surface area contributed by atoms with Gasteiger partial charge in [0.15, 0.2) is 5.01 Å². The number of pyridine rings is 1. The first-order valence-corrected chi connectivity index (χ1v) is 9.45. The van der Waals surface area contributed by atoms with E-state index in [4.69, 9.17) is 11.6 Å². The lowest BCUT2D eigenvalue weighted by molar-refractivity contribution is 0.256. The number of unbranched alkanes of at least 4 members (excludes halogenated alkanes) is 1. The van der Waals surface area contributed by atoms with Gasteiger partial charge in [-0.1, -0.05) is 36.3 Å². The molecule has 0 fully saturated rings. The van der Waals surface area contributed by atoms with E-state index in [1.54, 1.807) is 41.6 Å². The summed E-state index contributed by atoms with van der Waals surface area (Å²) in [6, 6.07) is 10.5. The minimum absolute atomic E-state index is 0.241. The summed E-state index contributed by atoms with van der Waals surface area (Å²) < 4.78 is 0. The molecular weight excluding hydrogens is 370 g/mol. The van der Waals surface area contributed by atoms with Crippen LogP contribution in [0, 0.1) is 0 Å². The largest absolute Gasteiger partial charge is 0.328 e. The number of hydrogen-bond donors (Lipinski definition) is 1. The quantitative estimate of drug-likeness (QED) is 0.639. The van der Waals surface area contributed by atoms with E-state index in [-0.39, 0.29) is 6.03 Å². The van der Waals surface area contributed by atoms with Gasteiger partial charge in [0.2, 0.25) is 5.13 Å². The maximum absolute atomic E-state index is 12.8. The topological polar surface area (TPSA) is 71.0 Å². The molecule has 2 aromatic heterocycles. The molecule has 0 aliphatic rings. The molecule has 2 amide bonds. The summed E-state index contributed by atoms with van der Waals surface area (Å²) in [6.07, 6.45) is 5.28. The van der Waals surface area contributed by atoms with Crippen LogP contribution >= 0.6 is 22.9 Å². The molecule has 6 nitrogen and oxygen atoms in total. The normalized spacial score (nSPS) is 10.5. The molecule has 3 rings (SSSR count). The van der Waals surface area contributed by atoms with Gasteiger partial charge < -0.3 is 5.32 Å². The van der Waals surface area contributed by atoms with E-state index in [1.807, 2.05) is 12.1 Å². The number of nitrogens with zero attached hydrogens (tertiary/aromatic N) is 4. The summed E-state index contributed by atoms with van der Waals surface area (Å²) in [4.78, 5) is 18.5. The molecule has 0 radical (unpaired) electrons. The molecule has 0 saturated heterocycles. The number of urea groups is 1. The van der Waals surface area contributed by atoms with Crippen LogP contribution in [0.25, 0.3) is 10.6 Å². The summed E-state index contributed by atoms with van der Waals surface area (Å²) in [7, 11) is 0. The van der Waals surface area contributed by atoms with Crippen LogP contribution in [0.4, 0.5) is 15.6 Å². The number of hydrogen-bond acceptors (Lipinski definition) is 5. The lowest BCUT2D eigenvalue weighted by atomic mass is 10.3. The van der Waals surface area contributed by atoms with Crippen LogP contribution in [-0.2, 0) is 0 Å². The Kier molecular flexibility index (Phi) is 6.14. The molecular formula is C18H18ClN5OS. The zero-order valence-electron chi connectivity index (χ0n) is 14.2. The fourth-order valence-electron chi connectivity index (χ4n) is 2.25. The number of benzene rings is 1. The van der Waals surface area contributed by atoms with Gasteiger partial charge in [-0.25, -0.2) is 4.79 Å². The Balaban J connectivity index is 1.80. The Labute approximate surface area is 160 Å². The monoisotopic (exact) mass is 387 g/mol.